The molecule has 0 aliphatic carbocycles. The Balaban J connectivity index is 0. The average Bonchev–Trinajstić information content (AvgIpc) is 3.41. The molecule has 0 spiro atoms. The average molecular weight is 609 g/mol. The van der Waals surface area contributed by atoms with Crippen LogP contribution in [0.4, 0.5) is 23.2 Å². The molecule has 42 heavy (non-hydrogen) atoms. The Morgan fingerprint density at radius 1 is 1.17 bits per heavy atom. The molecule has 8 nitrogen and oxygen atoms in total. The van der Waals surface area contributed by atoms with Crippen molar-refractivity contribution in [1.82, 2.24) is 15.1 Å². The minimum absolute atomic E-state index is 0.0489. The summed E-state index contributed by atoms with van der Waals surface area (Å²) in [7, 11) is 1.29. The quantitative estimate of drug-likeness (QED) is 0.139. The molecule has 0 aromatic heterocycles. The number of phenolic OH excluding ortho intramolecular Hbond substituents is 1. The number of hydrogen-bond acceptors (Lipinski definition) is 7. The number of benzene rings is 1. The van der Waals surface area contributed by atoms with Crippen LogP contribution >= 0.6 is 0 Å². The Morgan fingerprint density at radius 3 is 2.10 bits per heavy atom. The van der Waals surface area contributed by atoms with E-state index in [1.54, 1.807) is 0 Å². The summed E-state index contributed by atoms with van der Waals surface area (Å²) < 4.78 is 55.5. The van der Waals surface area contributed by atoms with Gasteiger partial charge in [-0.25, -0.2) is 4.39 Å². The molecule has 1 amide bonds. The van der Waals surface area contributed by atoms with E-state index in [0.717, 1.165) is 62.8 Å². The van der Waals surface area contributed by atoms with Crippen molar-refractivity contribution >= 4 is 18.4 Å². The lowest BCUT2D eigenvalue weighted by atomic mass is 10.0. The zero-order valence-electron chi connectivity index (χ0n) is 26.3. The van der Waals surface area contributed by atoms with Crippen LogP contribution in [0.3, 0.4) is 0 Å². The highest BCUT2D eigenvalue weighted by Crippen LogP contribution is 2.27. The second kappa shape index (κ2) is 22.6. The monoisotopic (exact) mass is 608 g/mol. The van der Waals surface area contributed by atoms with Crippen molar-refractivity contribution in [2.45, 2.75) is 105 Å². The molecule has 1 unspecified atom stereocenters. The van der Waals surface area contributed by atoms with Gasteiger partial charge in [-0.3, -0.25) is 4.79 Å². The Morgan fingerprint density at radius 2 is 1.71 bits per heavy atom. The van der Waals surface area contributed by atoms with Crippen molar-refractivity contribution in [3.8, 4) is 5.75 Å². The third kappa shape index (κ3) is 15.8. The van der Waals surface area contributed by atoms with Gasteiger partial charge in [0.05, 0.1) is 12.1 Å². The van der Waals surface area contributed by atoms with E-state index in [0.29, 0.717) is 6.42 Å². The highest BCUT2D eigenvalue weighted by molar-refractivity contribution is 5.78. The van der Waals surface area contributed by atoms with Gasteiger partial charge in [-0.15, -0.1) is 0 Å². The maximum absolute atomic E-state index is 12.7. The van der Waals surface area contributed by atoms with E-state index in [9.17, 15) is 22.4 Å². The SMILES string of the molecule is C=O.CC.CC/C(C)=C(/NC(CC(F)(F)F)OC)N1CCC(N2CCCC2=O)CC1.CCC.Nc1ccc(O)cc1F. The van der Waals surface area contributed by atoms with E-state index in [1.807, 2.05) is 39.4 Å². The molecule has 3 rings (SSSR count). The number of nitrogens with one attached hydrogen (secondary N) is 1. The number of rotatable bonds is 7. The first-order valence-electron chi connectivity index (χ1n) is 14.5. The summed E-state index contributed by atoms with van der Waals surface area (Å²) in [6, 6.07) is 3.86. The van der Waals surface area contributed by atoms with Gasteiger partial charge in [0.1, 0.15) is 30.4 Å². The first-order valence-corrected chi connectivity index (χ1v) is 14.5. The van der Waals surface area contributed by atoms with Crippen molar-refractivity contribution in [3.05, 3.63) is 35.4 Å². The van der Waals surface area contributed by atoms with E-state index in [2.05, 4.69) is 24.1 Å². The van der Waals surface area contributed by atoms with Crippen LogP contribution in [0, 0.1) is 5.82 Å². The molecule has 1 aromatic carbocycles. The summed E-state index contributed by atoms with van der Waals surface area (Å²) in [4.78, 5) is 24.0. The fourth-order valence-corrected chi connectivity index (χ4v) is 4.18. The lowest BCUT2D eigenvalue weighted by molar-refractivity contribution is -0.160. The highest BCUT2D eigenvalue weighted by Gasteiger charge is 2.35. The van der Waals surface area contributed by atoms with Gasteiger partial charge in [0.25, 0.3) is 0 Å². The fraction of sp³-hybridized carbons (Fsp3) is 0.667. The maximum Gasteiger partial charge on any atom is 0.393 e. The van der Waals surface area contributed by atoms with Gasteiger partial charge in [0, 0.05) is 45.3 Å². The van der Waals surface area contributed by atoms with Crippen LogP contribution < -0.4 is 11.1 Å². The number of nitrogens with two attached hydrogens (primary N) is 1. The Bertz CT molecular complexity index is 908. The molecule has 2 aliphatic heterocycles. The molecule has 4 N–H and O–H groups in total. The zero-order valence-corrected chi connectivity index (χ0v) is 26.3. The molecule has 1 aromatic rings. The van der Waals surface area contributed by atoms with Crippen LogP contribution in [-0.4, -0.2) is 72.8 Å². The molecule has 12 heteroatoms. The number of carbonyl (C=O) groups is 2. The molecule has 2 heterocycles. The van der Waals surface area contributed by atoms with Crippen molar-refractivity contribution in [2.24, 2.45) is 0 Å². The van der Waals surface area contributed by atoms with Crippen LogP contribution in [-0.2, 0) is 14.3 Å². The van der Waals surface area contributed by atoms with Gasteiger partial charge in [0.2, 0.25) is 5.91 Å². The number of nitrogens with zero attached hydrogens (tertiary/aromatic N) is 2. The largest absolute Gasteiger partial charge is 0.508 e. The smallest absolute Gasteiger partial charge is 0.393 e. The summed E-state index contributed by atoms with van der Waals surface area (Å²) >= 11 is 0. The van der Waals surface area contributed by atoms with Crippen molar-refractivity contribution in [3.63, 3.8) is 0 Å². The van der Waals surface area contributed by atoms with E-state index < -0.39 is 24.6 Å². The van der Waals surface area contributed by atoms with E-state index in [-0.39, 0.29) is 23.4 Å². The molecular formula is C30H52F4N4O4. The van der Waals surface area contributed by atoms with Gasteiger partial charge in [-0.1, -0.05) is 41.0 Å². The lowest BCUT2D eigenvalue weighted by Crippen LogP contribution is -2.48. The number of anilines is 1. The number of hydrogen-bond donors (Lipinski definition) is 3. The number of ether oxygens (including phenoxy) is 1. The Labute approximate surface area is 249 Å². The molecular weight excluding hydrogens is 556 g/mol. The standard InChI is InChI=1S/C18H30F3N3O2.C6H6FNO.C3H8.C2H6.CH2O/c1-4-13(2)17(22-15(26-3)12-18(19,20)21)23-10-7-14(8-11-23)24-9-5-6-16(24)25;7-5-3-4(9)1-2-6(5)8;1-3-2;2*1-2/h14-15,22H,4-12H2,1-3H3;1-3,9H,8H2;3H2,1-2H3;1-2H3;1H2/b17-13-;;;;. The number of likely N-dealkylation sites (tertiary alicyclic amines) is 2. The van der Waals surface area contributed by atoms with E-state index in [4.69, 9.17) is 20.4 Å². The number of halogens is 4. The lowest BCUT2D eigenvalue weighted by Gasteiger charge is -2.40. The highest BCUT2D eigenvalue weighted by atomic mass is 19.4. The normalized spacial score (nSPS) is 16.2. The predicted octanol–water partition coefficient (Wildman–Crippen LogP) is 6.60. The van der Waals surface area contributed by atoms with Crippen molar-refractivity contribution in [1.29, 1.82) is 0 Å². The van der Waals surface area contributed by atoms with Gasteiger partial charge >= 0.3 is 6.18 Å². The van der Waals surface area contributed by atoms with Crippen molar-refractivity contribution < 1.29 is 37.0 Å². The fourth-order valence-electron chi connectivity index (χ4n) is 4.18. The topological polar surface area (TPSA) is 108 Å². The number of nitrogen functional groups attached to an aromatic ring is 1. The van der Waals surface area contributed by atoms with E-state index >= 15 is 0 Å². The number of aromatic hydroxyl groups is 1. The van der Waals surface area contributed by atoms with Crippen LogP contribution in [0.15, 0.2) is 29.6 Å². The van der Waals surface area contributed by atoms with Crippen LogP contribution in [0.1, 0.15) is 86.5 Å². The number of alkyl halides is 3. The molecule has 0 bridgehead atoms. The minimum atomic E-state index is -4.29. The Hall–Kier alpha value is -3.02. The minimum Gasteiger partial charge on any atom is -0.508 e. The van der Waals surface area contributed by atoms with Gasteiger partial charge in [-0.05, 0) is 50.3 Å². The van der Waals surface area contributed by atoms with Crippen LogP contribution in [0.2, 0.25) is 0 Å². The summed E-state index contributed by atoms with van der Waals surface area (Å²) in [5.74, 6) is 0.262. The predicted molar refractivity (Wildman–Crippen MR) is 160 cm³/mol. The number of allylic oxidation sites excluding steroid dienone is 1. The number of piperidine rings is 1. The summed E-state index contributed by atoms with van der Waals surface area (Å²) in [6.07, 6.45) is -1.21. The maximum atomic E-state index is 12.7. The molecule has 2 saturated heterocycles. The van der Waals surface area contributed by atoms with Crippen molar-refractivity contribution in [2.75, 3.05) is 32.5 Å². The third-order valence-corrected chi connectivity index (χ3v) is 6.25. The summed E-state index contributed by atoms with van der Waals surface area (Å²) in [6.45, 7) is 16.4. The Kier molecular flexibility index (Phi) is 22.1. The molecule has 0 radical (unpaired) electrons. The van der Waals surface area contributed by atoms with Gasteiger partial charge in [-0.2, -0.15) is 13.2 Å². The van der Waals surface area contributed by atoms with Gasteiger partial charge in [0.15, 0.2) is 0 Å². The molecule has 2 aliphatic rings. The summed E-state index contributed by atoms with van der Waals surface area (Å²) in [5, 5.41) is 11.6. The van der Waals surface area contributed by atoms with Crippen LogP contribution in [0.5, 0.6) is 5.75 Å². The molecule has 2 fully saturated rings. The second-order valence-electron chi connectivity index (χ2n) is 9.49. The second-order valence-corrected chi connectivity index (χ2v) is 9.49. The number of methoxy groups -OCH3 is 1. The number of amides is 1. The summed E-state index contributed by atoms with van der Waals surface area (Å²) in [5.41, 5.74) is 6.16. The third-order valence-electron chi connectivity index (χ3n) is 6.25. The number of phenols is 1. The van der Waals surface area contributed by atoms with Crippen LogP contribution in [0.25, 0.3) is 0 Å². The molecule has 0 saturated carbocycles. The molecule has 244 valence electrons. The first kappa shape index (κ1) is 41.1. The molecule has 1 atom stereocenters. The first-order chi connectivity index (χ1) is 19.9. The number of carbonyl (C=O) groups excluding carboxylic acids is 2. The van der Waals surface area contributed by atoms with Gasteiger partial charge < -0.3 is 35.5 Å². The zero-order chi connectivity index (χ0) is 32.9. The van der Waals surface area contributed by atoms with E-state index in [1.165, 1.54) is 25.7 Å².